The predicted octanol–water partition coefficient (Wildman–Crippen LogP) is 3.46. The van der Waals surface area contributed by atoms with E-state index in [0.29, 0.717) is 21.4 Å². The molecular weight excluding hydrogens is 295 g/mol. The molecule has 2 rings (SSSR count). The molecule has 20 heavy (non-hydrogen) atoms. The molecule has 6 heteroatoms. The lowest BCUT2D eigenvalue weighted by molar-refractivity contribution is 1.36. The summed E-state index contributed by atoms with van der Waals surface area (Å²) in [5, 5.41) is 1.12. The van der Waals surface area contributed by atoms with E-state index >= 15 is 0 Å². The van der Waals surface area contributed by atoms with Crippen LogP contribution in [0, 0.1) is 6.92 Å². The number of halogens is 2. The van der Waals surface area contributed by atoms with Gasteiger partial charge in [0.25, 0.3) is 0 Å². The first-order valence-corrected chi connectivity index (χ1v) is 6.60. The van der Waals surface area contributed by atoms with Gasteiger partial charge in [0.15, 0.2) is 5.96 Å². The molecule has 2 aromatic carbocycles. The maximum absolute atomic E-state index is 6.20. The quantitative estimate of drug-likeness (QED) is 0.451. The average Bonchev–Trinajstić information content (AvgIpc) is 2.33. The van der Waals surface area contributed by atoms with Gasteiger partial charge in [-0.2, -0.15) is 0 Å². The van der Waals surface area contributed by atoms with Crippen LogP contribution in [0.25, 0.3) is 11.1 Å². The first kappa shape index (κ1) is 14.5. The maximum Gasteiger partial charge on any atom is 0.191 e. The van der Waals surface area contributed by atoms with E-state index in [9.17, 15) is 0 Å². The average molecular weight is 309 g/mol. The standard InChI is InChI=1S/C14H14Cl2N4/c1-7-5-8(6-11(17)13(7)20-14(18)19)12-9(15)3-2-4-10(12)16/h2-6H,17H2,1H3,(H4,18,19,20). The third kappa shape index (κ3) is 2.81. The summed E-state index contributed by atoms with van der Waals surface area (Å²) in [6.07, 6.45) is 0. The molecule has 0 aliphatic carbocycles. The molecule has 0 unspecified atom stereocenters. The molecule has 6 N–H and O–H groups in total. The van der Waals surface area contributed by atoms with Gasteiger partial charge < -0.3 is 17.2 Å². The molecule has 0 aromatic heterocycles. The van der Waals surface area contributed by atoms with E-state index in [2.05, 4.69) is 4.99 Å². The van der Waals surface area contributed by atoms with Gasteiger partial charge in [0, 0.05) is 15.6 Å². The van der Waals surface area contributed by atoms with Crippen LogP contribution in [-0.2, 0) is 0 Å². The molecule has 4 nitrogen and oxygen atoms in total. The van der Waals surface area contributed by atoms with E-state index in [4.69, 9.17) is 40.4 Å². The van der Waals surface area contributed by atoms with Crippen LogP contribution in [0.3, 0.4) is 0 Å². The van der Waals surface area contributed by atoms with E-state index in [1.807, 2.05) is 13.0 Å². The van der Waals surface area contributed by atoms with Crippen LogP contribution >= 0.6 is 23.2 Å². The number of guanidine groups is 1. The SMILES string of the molecule is Cc1cc(-c2c(Cl)cccc2Cl)cc(N)c1N=C(N)N. The van der Waals surface area contributed by atoms with Gasteiger partial charge >= 0.3 is 0 Å². The number of aryl methyl sites for hydroxylation is 1. The van der Waals surface area contributed by atoms with Crippen molar-refractivity contribution in [2.45, 2.75) is 6.92 Å². The Bertz CT molecular complexity index is 648. The number of rotatable bonds is 2. The van der Waals surface area contributed by atoms with Crippen molar-refractivity contribution in [2.24, 2.45) is 16.5 Å². The minimum Gasteiger partial charge on any atom is -0.397 e. The summed E-state index contributed by atoms with van der Waals surface area (Å²) in [5.41, 5.74) is 20.2. The summed E-state index contributed by atoms with van der Waals surface area (Å²) in [6, 6.07) is 8.99. The lowest BCUT2D eigenvalue weighted by Gasteiger charge is -2.12. The summed E-state index contributed by atoms with van der Waals surface area (Å²) in [6.45, 7) is 1.87. The van der Waals surface area contributed by atoms with Crippen LogP contribution in [0.1, 0.15) is 5.56 Å². The largest absolute Gasteiger partial charge is 0.397 e. The van der Waals surface area contributed by atoms with Crippen molar-refractivity contribution < 1.29 is 0 Å². The highest BCUT2D eigenvalue weighted by Gasteiger charge is 2.12. The molecule has 104 valence electrons. The molecule has 0 heterocycles. The Labute approximate surface area is 127 Å². The topological polar surface area (TPSA) is 90.4 Å². The Hall–Kier alpha value is -1.91. The molecule has 0 aliphatic heterocycles. The number of aliphatic imine (C=N–C) groups is 1. The highest BCUT2D eigenvalue weighted by Crippen LogP contribution is 2.38. The second-order valence-corrected chi connectivity index (χ2v) is 5.18. The van der Waals surface area contributed by atoms with Gasteiger partial charge in [0.2, 0.25) is 0 Å². The Morgan fingerprint density at radius 3 is 2.20 bits per heavy atom. The van der Waals surface area contributed by atoms with Gasteiger partial charge in [-0.25, -0.2) is 4.99 Å². The van der Waals surface area contributed by atoms with Gasteiger partial charge in [-0.15, -0.1) is 0 Å². The molecule has 0 fully saturated rings. The molecule has 0 aliphatic rings. The maximum atomic E-state index is 6.20. The molecular formula is C14H14Cl2N4. The van der Waals surface area contributed by atoms with E-state index < -0.39 is 0 Å². The third-order valence-electron chi connectivity index (χ3n) is 2.82. The van der Waals surface area contributed by atoms with Crippen LogP contribution in [0.2, 0.25) is 10.0 Å². The second-order valence-electron chi connectivity index (χ2n) is 4.36. The van der Waals surface area contributed by atoms with Crippen LogP contribution in [0.4, 0.5) is 11.4 Å². The van der Waals surface area contributed by atoms with Crippen molar-refractivity contribution in [3.63, 3.8) is 0 Å². The lowest BCUT2D eigenvalue weighted by Crippen LogP contribution is -2.22. The van der Waals surface area contributed by atoms with Crippen molar-refractivity contribution in [3.8, 4) is 11.1 Å². The molecule has 0 spiro atoms. The highest BCUT2D eigenvalue weighted by molar-refractivity contribution is 6.39. The third-order valence-corrected chi connectivity index (χ3v) is 3.45. The van der Waals surface area contributed by atoms with Crippen molar-refractivity contribution in [1.29, 1.82) is 0 Å². The lowest BCUT2D eigenvalue weighted by atomic mass is 10.0. The van der Waals surface area contributed by atoms with Gasteiger partial charge in [0.05, 0.1) is 11.4 Å². The first-order chi connectivity index (χ1) is 9.40. The summed E-state index contributed by atoms with van der Waals surface area (Å²) < 4.78 is 0. The molecule has 2 aromatic rings. The Morgan fingerprint density at radius 1 is 1.10 bits per heavy atom. The predicted molar refractivity (Wildman–Crippen MR) is 86.5 cm³/mol. The number of nitrogen functional groups attached to an aromatic ring is 1. The number of hydrogen-bond donors (Lipinski definition) is 3. The van der Waals surface area contributed by atoms with Crippen molar-refractivity contribution in [2.75, 3.05) is 5.73 Å². The fourth-order valence-electron chi connectivity index (χ4n) is 2.01. The highest BCUT2D eigenvalue weighted by atomic mass is 35.5. The Morgan fingerprint density at radius 2 is 1.70 bits per heavy atom. The van der Waals surface area contributed by atoms with Crippen molar-refractivity contribution >= 4 is 40.5 Å². The van der Waals surface area contributed by atoms with E-state index in [-0.39, 0.29) is 5.96 Å². The van der Waals surface area contributed by atoms with Gasteiger partial charge in [-0.05, 0) is 42.3 Å². The Balaban J connectivity index is 2.64. The first-order valence-electron chi connectivity index (χ1n) is 5.84. The van der Waals surface area contributed by atoms with Crippen LogP contribution in [-0.4, -0.2) is 5.96 Å². The van der Waals surface area contributed by atoms with Crippen LogP contribution in [0.5, 0.6) is 0 Å². The Kier molecular flexibility index (Phi) is 4.06. The van der Waals surface area contributed by atoms with E-state index in [1.54, 1.807) is 24.3 Å². The summed E-state index contributed by atoms with van der Waals surface area (Å²) >= 11 is 12.4. The zero-order valence-electron chi connectivity index (χ0n) is 10.8. The molecule has 0 radical (unpaired) electrons. The fourth-order valence-corrected chi connectivity index (χ4v) is 2.62. The molecule has 0 bridgehead atoms. The fraction of sp³-hybridized carbons (Fsp3) is 0.0714. The number of benzene rings is 2. The number of nitrogens with two attached hydrogens (primary N) is 3. The van der Waals surface area contributed by atoms with Gasteiger partial charge in [-0.1, -0.05) is 29.3 Å². The smallest absolute Gasteiger partial charge is 0.191 e. The number of anilines is 1. The second kappa shape index (κ2) is 5.61. The summed E-state index contributed by atoms with van der Waals surface area (Å²) in [7, 11) is 0. The van der Waals surface area contributed by atoms with Crippen molar-refractivity contribution in [3.05, 3.63) is 45.9 Å². The number of hydrogen-bond acceptors (Lipinski definition) is 2. The van der Waals surface area contributed by atoms with Crippen molar-refractivity contribution in [1.82, 2.24) is 0 Å². The van der Waals surface area contributed by atoms with E-state index in [0.717, 1.165) is 16.7 Å². The zero-order valence-corrected chi connectivity index (χ0v) is 12.3. The van der Waals surface area contributed by atoms with Crippen LogP contribution < -0.4 is 17.2 Å². The summed E-state index contributed by atoms with van der Waals surface area (Å²) in [5.74, 6) is -0.0386. The molecule has 0 amide bonds. The number of nitrogens with zero attached hydrogens (tertiary/aromatic N) is 1. The van der Waals surface area contributed by atoms with Crippen LogP contribution in [0.15, 0.2) is 35.3 Å². The molecule has 0 saturated carbocycles. The minimum absolute atomic E-state index is 0.0386. The molecule has 0 atom stereocenters. The normalized spacial score (nSPS) is 10.3. The minimum atomic E-state index is -0.0386. The monoisotopic (exact) mass is 308 g/mol. The molecule has 0 saturated heterocycles. The van der Waals surface area contributed by atoms with E-state index in [1.165, 1.54) is 0 Å². The van der Waals surface area contributed by atoms with Gasteiger partial charge in [-0.3, -0.25) is 0 Å². The summed E-state index contributed by atoms with van der Waals surface area (Å²) in [4.78, 5) is 4.02. The van der Waals surface area contributed by atoms with Gasteiger partial charge in [0.1, 0.15) is 0 Å². The zero-order chi connectivity index (χ0) is 14.9.